The van der Waals surface area contributed by atoms with Crippen LogP contribution >= 0.6 is 0 Å². The van der Waals surface area contributed by atoms with Crippen LogP contribution < -0.4 is 4.90 Å². The highest BCUT2D eigenvalue weighted by Crippen LogP contribution is 2.24. The predicted octanol–water partition coefficient (Wildman–Crippen LogP) is 4.53. The lowest BCUT2D eigenvalue weighted by Crippen LogP contribution is -2.31. The molecule has 0 saturated carbocycles. The van der Waals surface area contributed by atoms with Gasteiger partial charge in [-0.25, -0.2) is 13.6 Å². The van der Waals surface area contributed by atoms with Crippen LogP contribution in [-0.4, -0.2) is 24.0 Å². The fourth-order valence-electron chi connectivity index (χ4n) is 2.86. The molecule has 0 aromatic heterocycles. The summed E-state index contributed by atoms with van der Waals surface area (Å²) in [6.45, 7) is 5.46. The Hall–Kier alpha value is -2.43. The SMILES string of the molecule is CC(C)c1ccc(N2CCN(Cc3ccc(F)cc3F)C2=O)cc1. The molecule has 1 aliphatic heterocycles. The number of hydrogen-bond acceptors (Lipinski definition) is 1. The number of carbonyl (C=O) groups excluding carboxylic acids is 1. The van der Waals surface area contributed by atoms with Crippen molar-refractivity contribution in [3.63, 3.8) is 0 Å². The molecule has 126 valence electrons. The summed E-state index contributed by atoms with van der Waals surface area (Å²) in [4.78, 5) is 15.8. The third-order valence-electron chi connectivity index (χ3n) is 4.34. The number of carbonyl (C=O) groups is 1. The third-order valence-corrected chi connectivity index (χ3v) is 4.34. The largest absolute Gasteiger partial charge is 0.324 e. The Morgan fingerprint density at radius 1 is 1.04 bits per heavy atom. The van der Waals surface area contributed by atoms with E-state index in [0.29, 0.717) is 24.6 Å². The molecule has 0 bridgehead atoms. The molecule has 24 heavy (non-hydrogen) atoms. The van der Waals surface area contributed by atoms with E-state index in [-0.39, 0.29) is 12.6 Å². The van der Waals surface area contributed by atoms with E-state index in [4.69, 9.17) is 0 Å². The molecule has 0 radical (unpaired) electrons. The van der Waals surface area contributed by atoms with Crippen LogP contribution in [0.3, 0.4) is 0 Å². The van der Waals surface area contributed by atoms with Crippen molar-refractivity contribution in [2.24, 2.45) is 0 Å². The Morgan fingerprint density at radius 2 is 1.75 bits per heavy atom. The van der Waals surface area contributed by atoms with Gasteiger partial charge >= 0.3 is 6.03 Å². The van der Waals surface area contributed by atoms with Gasteiger partial charge in [-0.15, -0.1) is 0 Å². The smallest absolute Gasteiger partial charge is 0.318 e. The molecular weight excluding hydrogens is 310 g/mol. The summed E-state index contributed by atoms with van der Waals surface area (Å²) >= 11 is 0. The molecule has 1 heterocycles. The van der Waals surface area contributed by atoms with Gasteiger partial charge in [-0.1, -0.05) is 32.0 Å². The quantitative estimate of drug-likeness (QED) is 0.808. The molecule has 1 aliphatic rings. The molecule has 0 unspecified atom stereocenters. The fraction of sp³-hybridized carbons (Fsp3) is 0.316. The number of benzene rings is 2. The van der Waals surface area contributed by atoms with Gasteiger partial charge in [0.2, 0.25) is 0 Å². The molecule has 0 spiro atoms. The topological polar surface area (TPSA) is 23.6 Å². The van der Waals surface area contributed by atoms with E-state index in [9.17, 15) is 13.6 Å². The molecule has 2 aromatic carbocycles. The molecule has 0 atom stereocenters. The van der Waals surface area contributed by atoms with Crippen molar-refractivity contribution in [1.82, 2.24) is 4.90 Å². The van der Waals surface area contributed by atoms with Gasteiger partial charge in [0.15, 0.2) is 0 Å². The molecule has 0 aliphatic carbocycles. The van der Waals surface area contributed by atoms with E-state index >= 15 is 0 Å². The van der Waals surface area contributed by atoms with Crippen LogP contribution in [0.4, 0.5) is 19.3 Å². The Bertz CT molecular complexity index is 744. The van der Waals surface area contributed by atoms with Crippen molar-refractivity contribution < 1.29 is 13.6 Å². The molecule has 0 N–H and O–H groups in total. The number of amides is 2. The summed E-state index contributed by atoms with van der Waals surface area (Å²) in [7, 11) is 0. The minimum absolute atomic E-state index is 0.144. The maximum absolute atomic E-state index is 13.8. The summed E-state index contributed by atoms with van der Waals surface area (Å²) < 4.78 is 26.8. The maximum atomic E-state index is 13.8. The van der Waals surface area contributed by atoms with Crippen molar-refractivity contribution in [1.29, 1.82) is 0 Å². The van der Waals surface area contributed by atoms with Gasteiger partial charge < -0.3 is 4.90 Å². The van der Waals surface area contributed by atoms with Crippen LogP contribution in [0.5, 0.6) is 0 Å². The van der Waals surface area contributed by atoms with Crippen LogP contribution in [-0.2, 0) is 6.54 Å². The van der Waals surface area contributed by atoms with Gasteiger partial charge in [0.25, 0.3) is 0 Å². The second kappa shape index (κ2) is 6.59. The van der Waals surface area contributed by atoms with E-state index in [1.54, 1.807) is 9.80 Å². The zero-order chi connectivity index (χ0) is 17.3. The first-order valence-corrected chi connectivity index (χ1v) is 8.06. The highest BCUT2D eigenvalue weighted by atomic mass is 19.1. The van der Waals surface area contributed by atoms with Crippen molar-refractivity contribution in [3.05, 3.63) is 65.2 Å². The standard InChI is InChI=1S/C19H20F2N2O/c1-13(2)14-4-7-17(8-5-14)23-10-9-22(19(23)24)12-15-3-6-16(20)11-18(15)21/h3-8,11,13H,9-10,12H2,1-2H3. The first-order valence-electron chi connectivity index (χ1n) is 8.06. The predicted molar refractivity (Wildman–Crippen MR) is 90.0 cm³/mol. The monoisotopic (exact) mass is 330 g/mol. The Morgan fingerprint density at radius 3 is 2.38 bits per heavy atom. The number of anilines is 1. The number of rotatable bonds is 4. The van der Waals surface area contributed by atoms with Crippen molar-refractivity contribution in [2.45, 2.75) is 26.3 Å². The molecule has 1 saturated heterocycles. The number of nitrogens with zero attached hydrogens (tertiary/aromatic N) is 2. The van der Waals surface area contributed by atoms with Crippen LogP contribution in [0.2, 0.25) is 0 Å². The average molecular weight is 330 g/mol. The summed E-state index contributed by atoms with van der Waals surface area (Å²) in [5.74, 6) is -0.801. The lowest BCUT2D eigenvalue weighted by atomic mass is 10.0. The van der Waals surface area contributed by atoms with Gasteiger partial charge in [-0.05, 0) is 29.7 Å². The summed E-state index contributed by atoms with van der Waals surface area (Å²) in [5.41, 5.74) is 2.38. The zero-order valence-corrected chi connectivity index (χ0v) is 13.8. The molecule has 2 aromatic rings. The van der Waals surface area contributed by atoms with Crippen LogP contribution in [0.1, 0.15) is 30.9 Å². The van der Waals surface area contributed by atoms with Crippen molar-refractivity contribution in [2.75, 3.05) is 18.0 Å². The number of urea groups is 1. The minimum atomic E-state index is -0.623. The van der Waals surface area contributed by atoms with E-state index in [1.165, 1.54) is 17.7 Å². The molecule has 2 amide bonds. The molecule has 3 rings (SSSR count). The normalized spacial score (nSPS) is 14.8. The Kier molecular flexibility index (Phi) is 4.51. The van der Waals surface area contributed by atoms with E-state index in [0.717, 1.165) is 11.8 Å². The molecule has 1 fully saturated rings. The first kappa shape index (κ1) is 16.4. The second-order valence-corrected chi connectivity index (χ2v) is 6.34. The third kappa shape index (κ3) is 3.25. The van der Waals surface area contributed by atoms with Gasteiger partial charge in [0, 0.05) is 30.4 Å². The highest BCUT2D eigenvalue weighted by Gasteiger charge is 2.30. The number of halogens is 2. The first-order chi connectivity index (χ1) is 11.5. The van der Waals surface area contributed by atoms with E-state index in [2.05, 4.69) is 13.8 Å². The lowest BCUT2D eigenvalue weighted by molar-refractivity contribution is 0.218. The lowest BCUT2D eigenvalue weighted by Gasteiger charge is -2.19. The summed E-state index contributed by atoms with van der Waals surface area (Å²) in [5, 5.41) is 0. The van der Waals surface area contributed by atoms with Crippen molar-refractivity contribution in [3.8, 4) is 0 Å². The van der Waals surface area contributed by atoms with E-state index < -0.39 is 11.6 Å². The molecule has 5 heteroatoms. The molecular formula is C19H20F2N2O. The average Bonchev–Trinajstić information content (AvgIpc) is 2.91. The zero-order valence-electron chi connectivity index (χ0n) is 13.8. The van der Waals surface area contributed by atoms with Crippen LogP contribution in [0, 0.1) is 11.6 Å². The maximum Gasteiger partial charge on any atom is 0.324 e. The van der Waals surface area contributed by atoms with Gasteiger partial charge in [-0.2, -0.15) is 0 Å². The fourth-order valence-corrected chi connectivity index (χ4v) is 2.86. The minimum Gasteiger partial charge on any atom is -0.318 e. The Balaban J connectivity index is 1.72. The summed E-state index contributed by atoms with van der Waals surface area (Å²) in [6, 6.07) is 11.2. The summed E-state index contributed by atoms with van der Waals surface area (Å²) in [6.07, 6.45) is 0. The van der Waals surface area contributed by atoms with Crippen LogP contribution in [0.25, 0.3) is 0 Å². The highest BCUT2D eigenvalue weighted by molar-refractivity contribution is 5.94. The van der Waals surface area contributed by atoms with Crippen molar-refractivity contribution >= 4 is 11.7 Å². The second-order valence-electron chi connectivity index (χ2n) is 6.34. The van der Waals surface area contributed by atoms with Gasteiger partial charge in [-0.3, -0.25) is 4.90 Å². The van der Waals surface area contributed by atoms with Gasteiger partial charge in [0.05, 0.1) is 6.54 Å². The molecule has 3 nitrogen and oxygen atoms in total. The van der Waals surface area contributed by atoms with E-state index in [1.807, 2.05) is 24.3 Å². The Labute approximate surface area is 140 Å². The number of hydrogen-bond donors (Lipinski definition) is 0. The van der Waals surface area contributed by atoms with Gasteiger partial charge in [0.1, 0.15) is 11.6 Å². The van der Waals surface area contributed by atoms with Crippen LogP contribution in [0.15, 0.2) is 42.5 Å².